The van der Waals surface area contributed by atoms with Gasteiger partial charge in [-0.2, -0.15) is 10.2 Å². The molecule has 1 aromatic carbocycles. The molecule has 4 rings (SSSR count). The van der Waals surface area contributed by atoms with Crippen molar-refractivity contribution in [3.8, 4) is 11.4 Å². The van der Waals surface area contributed by atoms with Crippen molar-refractivity contribution in [3.05, 3.63) is 54.0 Å². The van der Waals surface area contributed by atoms with Gasteiger partial charge in [0.05, 0.1) is 30.6 Å². The highest BCUT2D eigenvalue weighted by molar-refractivity contribution is 6.06. The van der Waals surface area contributed by atoms with E-state index in [1.54, 1.807) is 48.1 Å². The van der Waals surface area contributed by atoms with E-state index in [0.717, 1.165) is 12.1 Å². The van der Waals surface area contributed by atoms with Gasteiger partial charge in [-0.3, -0.25) is 14.3 Å². The predicted molar refractivity (Wildman–Crippen MR) is 106 cm³/mol. The maximum atomic E-state index is 13.2. The lowest BCUT2D eigenvalue weighted by Gasteiger charge is -2.22. The maximum absolute atomic E-state index is 13.2. The molecular weight excluding hydrogens is 372 g/mol. The number of hydrogen-bond acceptors (Lipinski definition) is 6. The van der Waals surface area contributed by atoms with Crippen molar-refractivity contribution in [2.24, 2.45) is 7.05 Å². The van der Waals surface area contributed by atoms with Gasteiger partial charge < -0.3 is 15.4 Å². The summed E-state index contributed by atoms with van der Waals surface area (Å²) in [5.74, 6) is 0.509. The second-order valence-corrected chi connectivity index (χ2v) is 6.95. The van der Waals surface area contributed by atoms with Crippen LogP contribution >= 0.6 is 0 Å². The topological polar surface area (TPSA) is 108 Å². The Morgan fingerprint density at radius 2 is 1.97 bits per heavy atom. The van der Waals surface area contributed by atoms with Crippen LogP contribution in [0, 0.1) is 0 Å². The average Bonchev–Trinajstić information content (AvgIpc) is 3.47. The molecule has 0 unspecified atom stereocenters. The molecular formula is C20H22N6O3. The molecule has 150 valence electrons. The third-order valence-electron chi connectivity index (χ3n) is 5.14. The first-order valence-corrected chi connectivity index (χ1v) is 9.32. The maximum Gasteiger partial charge on any atom is 0.274 e. The highest BCUT2D eigenvalue weighted by Gasteiger charge is 2.37. The molecule has 3 heterocycles. The summed E-state index contributed by atoms with van der Waals surface area (Å²) in [6.45, 7) is 0.512. The zero-order valence-corrected chi connectivity index (χ0v) is 16.3. The van der Waals surface area contributed by atoms with Gasteiger partial charge in [-0.25, -0.2) is 4.68 Å². The minimum Gasteiger partial charge on any atom is -0.497 e. The summed E-state index contributed by atoms with van der Waals surface area (Å²) in [5, 5.41) is 8.44. The summed E-state index contributed by atoms with van der Waals surface area (Å²) in [6, 6.07) is 8.29. The van der Waals surface area contributed by atoms with Gasteiger partial charge in [-0.15, -0.1) is 0 Å². The Bertz CT molecular complexity index is 1050. The van der Waals surface area contributed by atoms with Gasteiger partial charge in [0.25, 0.3) is 5.91 Å². The quantitative estimate of drug-likeness (QED) is 0.660. The van der Waals surface area contributed by atoms with Crippen molar-refractivity contribution in [2.75, 3.05) is 19.4 Å². The molecule has 1 fully saturated rings. The normalized spacial score (nSPS) is 16.2. The lowest BCUT2D eigenvalue weighted by atomic mass is 10.0. The number of benzene rings is 1. The minimum atomic E-state index is -0.569. The van der Waals surface area contributed by atoms with E-state index in [2.05, 4.69) is 10.2 Å². The predicted octanol–water partition coefficient (Wildman–Crippen LogP) is 1.68. The van der Waals surface area contributed by atoms with Crippen LogP contribution in [-0.4, -0.2) is 55.8 Å². The summed E-state index contributed by atoms with van der Waals surface area (Å²) >= 11 is 0. The molecule has 2 N–H and O–H groups in total. The van der Waals surface area contributed by atoms with E-state index in [-0.39, 0.29) is 17.5 Å². The van der Waals surface area contributed by atoms with Crippen LogP contribution in [-0.2, 0) is 7.05 Å². The fraction of sp³-hybridized carbons (Fsp3) is 0.300. The van der Waals surface area contributed by atoms with E-state index in [0.29, 0.717) is 30.0 Å². The summed E-state index contributed by atoms with van der Waals surface area (Å²) in [7, 11) is 3.34. The Kier molecular flexibility index (Phi) is 4.79. The molecule has 3 aromatic rings. The van der Waals surface area contributed by atoms with E-state index >= 15 is 0 Å². The second-order valence-electron chi connectivity index (χ2n) is 6.95. The molecule has 1 amide bonds. The lowest BCUT2D eigenvalue weighted by molar-refractivity contribution is 0.0667. The van der Waals surface area contributed by atoms with Gasteiger partial charge in [-0.1, -0.05) is 0 Å². The lowest BCUT2D eigenvalue weighted by Crippen LogP contribution is -2.41. The number of likely N-dealkylation sites (tertiary alicyclic amines) is 1. The number of ether oxygens (including phenoxy) is 1. The Balaban J connectivity index is 1.59. The molecule has 0 radical (unpaired) electrons. The largest absolute Gasteiger partial charge is 0.497 e. The number of amides is 1. The number of aryl methyl sites for hydroxylation is 1. The molecule has 1 aliphatic rings. The van der Waals surface area contributed by atoms with Crippen molar-refractivity contribution in [1.29, 1.82) is 0 Å². The number of hydrogen-bond donors (Lipinski definition) is 1. The number of methoxy groups -OCH3 is 1. The fourth-order valence-electron chi connectivity index (χ4n) is 3.62. The number of aromatic nitrogens is 4. The Hall–Kier alpha value is -3.62. The molecule has 0 spiro atoms. The summed E-state index contributed by atoms with van der Waals surface area (Å²) in [4.78, 5) is 27.6. The van der Waals surface area contributed by atoms with Crippen LogP contribution in [0.5, 0.6) is 5.75 Å². The molecule has 0 aliphatic carbocycles. The molecule has 2 aromatic heterocycles. The van der Waals surface area contributed by atoms with Crippen molar-refractivity contribution in [3.63, 3.8) is 0 Å². The Morgan fingerprint density at radius 3 is 2.62 bits per heavy atom. The number of anilines is 1. The molecule has 1 aliphatic heterocycles. The van der Waals surface area contributed by atoms with Crippen LogP contribution in [0.1, 0.15) is 33.7 Å². The van der Waals surface area contributed by atoms with Crippen LogP contribution in [0.2, 0.25) is 0 Å². The fourth-order valence-corrected chi connectivity index (χ4v) is 3.62. The second kappa shape index (κ2) is 7.42. The molecule has 1 atom stereocenters. The standard InChI is InChI=1S/C20H22N6O3/c1-24-11-9-16(23-24)20(28)25-10-3-4-17(25)18(27)15-12-22-26(19(15)21)13-5-7-14(29-2)8-6-13/h5-9,11-12,17H,3-4,10,21H2,1-2H3/t17-/m0/s1. The van der Waals surface area contributed by atoms with Crippen LogP contribution in [0.4, 0.5) is 5.82 Å². The number of Topliss-reactive ketones (excluding diaryl/α,β-unsaturated/α-hetero) is 1. The van der Waals surface area contributed by atoms with E-state index in [9.17, 15) is 9.59 Å². The molecule has 0 bridgehead atoms. The number of rotatable bonds is 5. The molecule has 1 saturated heterocycles. The molecule has 9 nitrogen and oxygen atoms in total. The first-order valence-electron chi connectivity index (χ1n) is 9.32. The molecule has 0 saturated carbocycles. The number of carbonyl (C=O) groups excluding carboxylic acids is 2. The smallest absolute Gasteiger partial charge is 0.274 e. The highest BCUT2D eigenvalue weighted by Crippen LogP contribution is 2.27. The van der Waals surface area contributed by atoms with Crippen molar-refractivity contribution >= 4 is 17.5 Å². The summed E-state index contributed by atoms with van der Waals surface area (Å²) in [6.07, 6.45) is 4.51. The van der Waals surface area contributed by atoms with Gasteiger partial charge in [-0.05, 0) is 43.2 Å². The summed E-state index contributed by atoms with van der Waals surface area (Å²) in [5.41, 5.74) is 7.60. The number of nitrogens with two attached hydrogens (primary N) is 1. The third kappa shape index (κ3) is 3.35. The SMILES string of the molecule is COc1ccc(-n2ncc(C(=O)[C@@H]3CCCN3C(=O)c3ccn(C)n3)c2N)cc1. The third-order valence-corrected chi connectivity index (χ3v) is 5.14. The first kappa shape index (κ1) is 18.7. The molecule has 29 heavy (non-hydrogen) atoms. The minimum absolute atomic E-state index is 0.205. The van der Waals surface area contributed by atoms with Gasteiger partial charge in [0.2, 0.25) is 0 Å². The van der Waals surface area contributed by atoms with Crippen molar-refractivity contribution < 1.29 is 14.3 Å². The van der Waals surface area contributed by atoms with Gasteiger partial charge in [0.1, 0.15) is 17.3 Å². The highest BCUT2D eigenvalue weighted by atomic mass is 16.5. The van der Waals surface area contributed by atoms with Crippen LogP contribution in [0.15, 0.2) is 42.7 Å². The number of nitrogens with zero attached hydrogens (tertiary/aromatic N) is 5. The van der Waals surface area contributed by atoms with Gasteiger partial charge in [0, 0.05) is 19.8 Å². The Morgan fingerprint density at radius 1 is 1.21 bits per heavy atom. The van der Waals surface area contributed by atoms with Gasteiger partial charge in [0.15, 0.2) is 5.78 Å². The van der Waals surface area contributed by atoms with Crippen LogP contribution in [0.3, 0.4) is 0 Å². The number of carbonyl (C=O) groups is 2. The summed E-state index contributed by atoms with van der Waals surface area (Å²) < 4.78 is 8.23. The van der Waals surface area contributed by atoms with Crippen LogP contribution in [0.25, 0.3) is 5.69 Å². The van der Waals surface area contributed by atoms with Gasteiger partial charge >= 0.3 is 0 Å². The van der Waals surface area contributed by atoms with Crippen molar-refractivity contribution in [2.45, 2.75) is 18.9 Å². The van der Waals surface area contributed by atoms with E-state index in [4.69, 9.17) is 10.5 Å². The van der Waals surface area contributed by atoms with E-state index < -0.39 is 6.04 Å². The zero-order chi connectivity index (χ0) is 20.5. The first-order chi connectivity index (χ1) is 14.0. The monoisotopic (exact) mass is 394 g/mol. The number of nitrogen functional groups attached to an aromatic ring is 1. The Labute approximate surface area is 167 Å². The number of ketones is 1. The average molecular weight is 394 g/mol. The van der Waals surface area contributed by atoms with Crippen molar-refractivity contribution in [1.82, 2.24) is 24.5 Å². The van der Waals surface area contributed by atoms with E-state index in [1.807, 2.05) is 12.1 Å². The van der Waals surface area contributed by atoms with E-state index in [1.165, 1.54) is 10.9 Å². The zero-order valence-electron chi connectivity index (χ0n) is 16.3. The molecule has 9 heteroatoms. The van der Waals surface area contributed by atoms with Crippen LogP contribution < -0.4 is 10.5 Å².